The van der Waals surface area contributed by atoms with E-state index in [0.717, 1.165) is 35.5 Å². The van der Waals surface area contributed by atoms with Crippen molar-refractivity contribution in [1.29, 1.82) is 0 Å². The van der Waals surface area contributed by atoms with Crippen LogP contribution in [0.2, 0.25) is 0 Å². The van der Waals surface area contributed by atoms with E-state index in [1.807, 2.05) is 12.2 Å². The molecule has 1 aromatic carbocycles. The zero-order valence-corrected chi connectivity index (χ0v) is 13.4. The van der Waals surface area contributed by atoms with Crippen LogP contribution in [0.25, 0.3) is 12.2 Å². The van der Waals surface area contributed by atoms with E-state index in [1.54, 1.807) is 12.5 Å². The molecule has 4 heteroatoms. The van der Waals surface area contributed by atoms with Gasteiger partial charge < -0.3 is 16.0 Å². The third kappa shape index (κ3) is 4.69. The second-order valence-electron chi connectivity index (χ2n) is 5.46. The predicted molar refractivity (Wildman–Crippen MR) is 97.7 cm³/mol. The summed E-state index contributed by atoms with van der Waals surface area (Å²) in [6.45, 7) is 12.5. The first-order chi connectivity index (χ1) is 11.1. The molecule has 4 N–H and O–H groups in total. The maximum absolute atomic E-state index is 6.14. The van der Waals surface area contributed by atoms with E-state index < -0.39 is 0 Å². The molecule has 0 bridgehead atoms. The highest BCUT2D eigenvalue weighted by Gasteiger charge is 2.09. The summed E-state index contributed by atoms with van der Waals surface area (Å²) in [4.78, 5) is 7.04. The van der Waals surface area contributed by atoms with Gasteiger partial charge >= 0.3 is 0 Å². The molecule has 0 spiro atoms. The molecule has 0 amide bonds. The molecule has 4 nitrogen and oxygen atoms in total. The van der Waals surface area contributed by atoms with Crippen LogP contribution >= 0.6 is 0 Å². The summed E-state index contributed by atoms with van der Waals surface area (Å²) in [5.74, 6) is 0. The van der Waals surface area contributed by atoms with Crippen molar-refractivity contribution in [2.24, 2.45) is 5.73 Å². The molecule has 0 aliphatic heterocycles. The molecule has 23 heavy (non-hydrogen) atoms. The summed E-state index contributed by atoms with van der Waals surface area (Å²) in [5.41, 5.74) is 11.4. The number of benzene rings is 1. The lowest BCUT2D eigenvalue weighted by Gasteiger charge is -2.16. The Bertz CT molecular complexity index is 671. The molecule has 120 valence electrons. The fourth-order valence-corrected chi connectivity index (χ4v) is 2.40. The van der Waals surface area contributed by atoms with Crippen LogP contribution < -0.4 is 11.1 Å². The minimum absolute atomic E-state index is 0.137. The van der Waals surface area contributed by atoms with Crippen molar-refractivity contribution in [2.75, 3.05) is 6.54 Å². The summed E-state index contributed by atoms with van der Waals surface area (Å²) in [7, 11) is 0. The first-order valence-corrected chi connectivity index (χ1v) is 7.67. The van der Waals surface area contributed by atoms with Gasteiger partial charge in [0.1, 0.15) is 0 Å². The van der Waals surface area contributed by atoms with Crippen LogP contribution in [0, 0.1) is 0 Å². The number of nitrogens with one attached hydrogen (secondary N) is 2. The summed E-state index contributed by atoms with van der Waals surface area (Å²) in [6, 6.07) is 6.18. The van der Waals surface area contributed by atoms with Crippen LogP contribution in [-0.4, -0.2) is 22.6 Å². The summed E-state index contributed by atoms with van der Waals surface area (Å²) >= 11 is 0. The van der Waals surface area contributed by atoms with Crippen LogP contribution in [0.15, 0.2) is 56.2 Å². The molecule has 0 fully saturated rings. The molecule has 0 saturated heterocycles. The van der Waals surface area contributed by atoms with E-state index in [9.17, 15) is 0 Å². The average Bonchev–Trinajstić information content (AvgIpc) is 3.07. The van der Waals surface area contributed by atoms with Gasteiger partial charge in [0, 0.05) is 36.6 Å². The van der Waals surface area contributed by atoms with Crippen molar-refractivity contribution in [3.63, 3.8) is 0 Å². The third-order valence-corrected chi connectivity index (χ3v) is 3.80. The van der Waals surface area contributed by atoms with Crippen molar-refractivity contribution in [3.05, 3.63) is 78.5 Å². The van der Waals surface area contributed by atoms with E-state index >= 15 is 0 Å². The Morgan fingerprint density at radius 3 is 2.74 bits per heavy atom. The van der Waals surface area contributed by atoms with Crippen LogP contribution in [0.4, 0.5) is 0 Å². The summed E-state index contributed by atoms with van der Waals surface area (Å²) in [6.07, 6.45) is 8.73. The van der Waals surface area contributed by atoms with Crippen molar-refractivity contribution in [3.8, 4) is 0 Å². The smallest absolute Gasteiger partial charge is 0.0921 e. The Kier molecular flexibility index (Phi) is 5.94. The van der Waals surface area contributed by atoms with Crippen LogP contribution in [0.5, 0.6) is 0 Å². The summed E-state index contributed by atoms with van der Waals surface area (Å²) < 4.78 is 0. The quantitative estimate of drug-likeness (QED) is 0.667. The van der Waals surface area contributed by atoms with Gasteiger partial charge in [-0.25, -0.2) is 4.98 Å². The van der Waals surface area contributed by atoms with Crippen molar-refractivity contribution in [2.45, 2.75) is 18.9 Å². The Morgan fingerprint density at radius 1 is 1.30 bits per heavy atom. The Labute approximate surface area is 137 Å². The molecular formula is C19H24N4. The highest BCUT2D eigenvalue weighted by Crippen LogP contribution is 2.15. The Morgan fingerprint density at radius 2 is 2.09 bits per heavy atom. The van der Waals surface area contributed by atoms with E-state index in [-0.39, 0.29) is 6.04 Å². The van der Waals surface area contributed by atoms with E-state index in [0.29, 0.717) is 6.42 Å². The molecule has 2 aromatic rings. The number of hydrogen-bond acceptors (Lipinski definition) is 3. The molecular weight excluding hydrogens is 284 g/mol. The van der Waals surface area contributed by atoms with Crippen LogP contribution in [0.1, 0.15) is 22.4 Å². The number of rotatable bonds is 9. The van der Waals surface area contributed by atoms with Gasteiger partial charge in [-0.2, -0.15) is 0 Å². The highest BCUT2D eigenvalue weighted by atomic mass is 14.9. The molecule has 1 unspecified atom stereocenters. The topological polar surface area (TPSA) is 66.7 Å². The standard InChI is InChI=1S/C19H24N4/c1-4-16-7-6-15(10-17(16)5-2)8-9-22-14(3)19(20)11-18-12-21-13-23-18/h4-7,10,12-13,19,22H,1-3,8-9,11,20H2,(H,21,23). The monoisotopic (exact) mass is 308 g/mol. The first kappa shape index (κ1) is 16.8. The number of nitrogens with zero attached hydrogens (tertiary/aromatic N) is 1. The lowest BCUT2D eigenvalue weighted by Crippen LogP contribution is -2.33. The number of hydrogen-bond donors (Lipinski definition) is 3. The van der Waals surface area contributed by atoms with E-state index in [1.165, 1.54) is 5.56 Å². The number of aromatic nitrogens is 2. The van der Waals surface area contributed by atoms with E-state index in [2.05, 4.69) is 53.2 Å². The summed E-state index contributed by atoms with van der Waals surface area (Å²) in [5, 5.41) is 3.31. The maximum atomic E-state index is 6.14. The minimum Gasteiger partial charge on any atom is -0.387 e. The fraction of sp³-hybridized carbons (Fsp3) is 0.211. The SMILES string of the molecule is C=Cc1ccc(CCNC(=C)C(N)Cc2cnc[nH]2)cc1C=C. The largest absolute Gasteiger partial charge is 0.387 e. The molecule has 0 aliphatic carbocycles. The normalized spacial score (nSPS) is 11.7. The molecule has 0 aliphatic rings. The second kappa shape index (κ2) is 8.15. The van der Waals surface area contributed by atoms with Gasteiger partial charge in [0.05, 0.1) is 6.33 Å². The molecule has 0 saturated carbocycles. The lowest BCUT2D eigenvalue weighted by atomic mass is 10.0. The average molecular weight is 308 g/mol. The molecule has 1 aromatic heterocycles. The second-order valence-corrected chi connectivity index (χ2v) is 5.46. The van der Waals surface area contributed by atoms with Crippen LogP contribution in [0.3, 0.4) is 0 Å². The predicted octanol–water partition coefficient (Wildman–Crippen LogP) is 2.91. The Hall–Kier alpha value is -2.59. The first-order valence-electron chi connectivity index (χ1n) is 7.67. The van der Waals surface area contributed by atoms with E-state index in [4.69, 9.17) is 5.73 Å². The van der Waals surface area contributed by atoms with Gasteiger partial charge in [0.15, 0.2) is 0 Å². The third-order valence-electron chi connectivity index (χ3n) is 3.80. The number of imidazole rings is 1. The molecule has 0 radical (unpaired) electrons. The van der Waals surface area contributed by atoms with Gasteiger partial charge in [0.2, 0.25) is 0 Å². The van der Waals surface area contributed by atoms with Gasteiger partial charge in [0.25, 0.3) is 0 Å². The molecule has 1 heterocycles. The van der Waals surface area contributed by atoms with Gasteiger partial charge in [-0.15, -0.1) is 0 Å². The van der Waals surface area contributed by atoms with Crippen molar-refractivity contribution < 1.29 is 0 Å². The zero-order chi connectivity index (χ0) is 16.7. The number of nitrogens with two attached hydrogens (primary N) is 1. The molecule has 1 atom stereocenters. The lowest BCUT2D eigenvalue weighted by molar-refractivity contribution is 0.659. The van der Waals surface area contributed by atoms with Crippen molar-refractivity contribution >= 4 is 12.2 Å². The zero-order valence-electron chi connectivity index (χ0n) is 13.4. The Balaban J connectivity index is 1.83. The number of H-pyrrole nitrogens is 1. The number of aromatic amines is 1. The fourth-order valence-electron chi connectivity index (χ4n) is 2.40. The maximum Gasteiger partial charge on any atom is 0.0921 e. The molecule has 2 rings (SSSR count). The van der Waals surface area contributed by atoms with Gasteiger partial charge in [-0.1, -0.05) is 50.1 Å². The minimum atomic E-state index is -0.137. The van der Waals surface area contributed by atoms with Crippen molar-refractivity contribution in [1.82, 2.24) is 15.3 Å². The van der Waals surface area contributed by atoms with Crippen LogP contribution in [-0.2, 0) is 12.8 Å². The highest BCUT2D eigenvalue weighted by molar-refractivity contribution is 5.64. The van der Waals surface area contributed by atoms with Gasteiger partial charge in [-0.05, 0) is 23.1 Å². The van der Waals surface area contributed by atoms with Gasteiger partial charge in [-0.3, -0.25) is 0 Å².